The minimum absolute atomic E-state index is 0.0473. The summed E-state index contributed by atoms with van der Waals surface area (Å²) in [5.74, 6) is 0.386. The molecule has 1 aromatic carbocycles. The van der Waals surface area contributed by atoms with Gasteiger partial charge in [-0.2, -0.15) is 5.10 Å². The van der Waals surface area contributed by atoms with Crippen molar-refractivity contribution in [1.82, 2.24) is 19.8 Å². The molecule has 0 radical (unpaired) electrons. The molecule has 9 heteroatoms. The van der Waals surface area contributed by atoms with Crippen LogP contribution < -0.4 is 10.1 Å². The van der Waals surface area contributed by atoms with Crippen molar-refractivity contribution in [3.05, 3.63) is 60.7 Å². The van der Waals surface area contributed by atoms with Crippen LogP contribution in [0.15, 0.2) is 59.6 Å². The van der Waals surface area contributed by atoms with Crippen molar-refractivity contribution in [3.63, 3.8) is 0 Å². The number of nitrogens with zero attached hydrogens (tertiary/aromatic N) is 4. The summed E-state index contributed by atoms with van der Waals surface area (Å²) < 4.78 is 11.8. The molecule has 2 aromatic heterocycles. The van der Waals surface area contributed by atoms with Crippen LogP contribution in [-0.2, 0) is 16.1 Å². The summed E-state index contributed by atoms with van der Waals surface area (Å²) >= 11 is 0. The Hall–Kier alpha value is -3.62. The number of benzene rings is 1. The molecule has 2 heterocycles. The van der Waals surface area contributed by atoms with Crippen LogP contribution in [0.1, 0.15) is 25.1 Å². The van der Waals surface area contributed by atoms with E-state index in [2.05, 4.69) is 15.6 Å². The van der Waals surface area contributed by atoms with Gasteiger partial charge in [0.1, 0.15) is 24.3 Å². The Labute approximate surface area is 168 Å². The number of nitrogens with one attached hydrogen (secondary N) is 1. The van der Waals surface area contributed by atoms with Gasteiger partial charge in [-0.1, -0.05) is 23.4 Å². The number of anilines is 1. The van der Waals surface area contributed by atoms with Gasteiger partial charge >= 0.3 is 0 Å². The van der Waals surface area contributed by atoms with Crippen LogP contribution in [-0.4, -0.2) is 45.3 Å². The predicted molar refractivity (Wildman–Crippen MR) is 105 cm³/mol. The maximum absolute atomic E-state index is 12.5. The summed E-state index contributed by atoms with van der Waals surface area (Å²) in [6.07, 6.45) is 4.79. The second-order valence-corrected chi connectivity index (χ2v) is 6.49. The normalized spacial score (nSPS) is 11.7. The third kappa shape index (κ3) is 5.68. The summed E-state index contributed by atoms with van der Waals surface area (Å²) in [5.41, 5.74) is 1.20. The van der Waals surface area contributed by atoms with E-state index in [9.17, 15) is 9.59 Å². The number of hydrogen-bond donors (Lipinski definition) is 1. The molecule has 0 aliphatic heterocycles. The van der Waals surface area contributed by atoms with Gasteiger partial charge in [-0.25, -0.2) is 0 Å². The topological polar surface area (TPSA) is 102 Å². The van der Waals surface area contributed by atoms with E-state index in [-0.39, 0.29) is 37.4 Å². The Balaban J connectivity index is 1.45. The van der Waals surface area contributed by atoms with Crippen molar-refractivity contribution in [2.75, 3.05) is 19.0 Å². The third-order valence-corrected chi connectivity index (χ3v) is 4.42. The van der Waals surface area contributed by atoms with Crippen molar-refractivity contribution in [2.24, 2.45) is 0 Å². The van der Waals surface area contributed by atoms with Crippen LogP contribution in [0.3, 0.4) is 0 Å². The fourth-order valence-corrected chi connectivity index (χ4v) is 2.62. The number of amides is 2. The highest BCUT2D eigenvalue weighted by Crippen LogP contribution is 2.17. The molecular formula is C20H23N5O4. The first kappa shape index (κ1) is 20.1. The Morgan fingerprint density at radius 1 is 1.28 bits per heavy atom. The van der Waals surface area contributed by atoms with E-state index in [1.807, 2.05) is 37.3 Å². The first-order valence-electron chi connectivity index (χ1n) is 9.19. The monoisotopic (exact) mass is 397 g/mol. The van der Waals surface area contributed by atoms with Gasteiger partial charge in [0.2, 0.25) is 11.8 Å². The van der Waals surface area contributed by atoms with Crippen molar-refractivity contribution >= 4 is 17.5 Å². The summed E-state index contributed by atoms with van der Waals surface area (Å²) in [5, 5.41) is 10.7. The molecule has 3 aromatic rings. The average molecular weight is 397 g/mol. The lowest BCUT2D eigenvalue weighted by Crippen LogP contribution is -2.32. The Morgan fingerprint density at radius 3 is 2.79 bits per heavy atom. The first-order chi connectivity index (χ1) is 14.0. The first-order valence-corrected chi connectivity index (χ1v) is 9.19. The van der Waals surface area contributed by atoms with Crippen LogP contribution >= 0.6 is 0 Å². The molecule has 1 atom stereocenters. The highest BCUT2D eigenvalue weighted by molar-refractivity contribution is 5.90. The molecule has 2 amide bonds. The van der Waals surface area contributed by atoms with Gasteiger partial charge < -0.3 is 19.5 Å². The lowest BCUT2D eigenvalue weighted by molar-refractivity contribution is -0.132. The molecular weight excluding hydrogens is 374 g/mol. The summed E-state index contributed by atoms with van der Waals surface area (Å²) in [4.78, 5) is 26.1. The minimum atomic E-state index is -0.222. The molecule has 152 valence electrons. The maximum atomic E-state index is 12.5. The second kappa shape index (κ2) is 9.54. The van der Waals surface area contributed by atoms with Crippen LogP contribution in [0.4, 0.5) is 5.69 Å². The van der Waals surface area contributed by atoms with Gasteiger partial charge in [0.25, 0.3) is 0 Å². The molecule has 0 aliphatic rings. The van der Waals surface area contributed by atoms with Crippen molar-refractivity contribution in [2.45, 2.75) is 25.9 Å². The zero-order chi connectivity index (χ0) is 20.6. The lowest BCUT2D eigenvalue weighted by Gasteiger charge is -2.23. The van der Waals surface area contributed by atoms with E-state index >= 15 is 0 Å². The fraction of sp³-hybridized carbons (Fsp3) is 0.300. The standard InChI is InChI=1S/C20H23N5O4/c1-15(18-8-11-29-23-18)24(2)20(27)14-25-13-16(12-21-25)22-19(26)9-10-28-17-6-4-3-5-7-17/h3-8,11-13,15H,9-10,14H2,1-2H3,(H,22,26). The largest absolute Gasteiger partial charge is 0.493 e. The quantitative estimate of drug-likeness (QED) is 0.595. The Kier molecular flexibility index (Phi) is 6.62. The van der Waals surface area contributed by atoms with Crippen molar-refractivity contribution in [3.8, 4) is 5.75 Å². The van der Waals surface area contributed by atoms with Gasteiger partial charge in [-0.05, 0) is 19.1 Å². The van der Waals surface area contributed by atoms with E-state index in [0.29, 0.717) is 11.4 Å². The lowest BCUT2D eigenvalue weighted by atomic mass is 10.2. The Bertz CT molecular complexity index is 924. The number of hydrogen-bond acceptors (Lipinski definition) is 6. The number of likely N-dealkylation sites (N-methyl/N-ethyl adjacent to an activating group) is 1. The molecule has 1 unspecified atom stereocenters. The summed E-state index contributed by atoms with van der Waals surface area (Å²) in [6, 6.07) is 10.8. The van der Waals surface area contributed by atoms with Gasteiger partial charge in [0.15, 0.2) is 0 Å². The van der Waals surface area contributed by atoms with Crippen LogP contribution in [0, 0.1) is 0 Å². The Morgan fingerprint density at radius 2 is 2.07 bits per heavy atom. The maximum Gasteiger partial charge on any atom is 0.244 e. The number of para-hydroxylation sites is 1. The predicted octanol–water partition coefficient (Wildman–Crippen LogP) is 2.50. The second-order valence-electron chi connectivity index (χ2n) is 6.49. The zero-order valence-corrected chi connectivity index (χ0v) is 16.3. The zero-order valence-electron chi connectivity index (χ0n) is 16.3. The number of aromatic nitrogens is 3. The van der Waals surface area contributed by atoms with Gasteiger partial charge in [0.05, 0.1) is 31.0 Å². The van der Waals surface area contributed by atoms with E-state index in [4.69, 9.17) is 9.26 Å². The molecule has 1 N–H and O–H groups in total. The summed E-state index contributed by atoms with van der Waals surface area (Å²) in [6.45, 7) is 2.18. The number of carbonyl (C=O) groups excluding carboxylic acids is 2. The molecule has 3 rings (SSSR count). The average Bonchev–Trinajstić information content (AvgIpc) is 3.40. The fourth-order valence-electron chi connectivity index (χ4n) is 2.62. The smallest absolute Gasteiger partial charge is 0.244 e. The van der Waals surface area contributed by atoms with Crippen molar-refractivity contribution < 1.29 is 18.8 Å². The number of rotatable bonds is 9. The summed E-state index contributed by atoms with van der Waals surface area (Å²) in [7, 11) is 1.70. The van der Waals surface area contributed by atoms with Crippen LogP contribution in [0.5, 0.6) is 5.75 Å². The number of ether oxygens (including phenoxy) is 1. The van der Waals surface area contributed by atoms with E-state index in [1.165, 1.54) is 17.1 Å². The van der Waals surface area contributed by atoms with Gasteiger partial charge in [0, 0.05) is 19.3 Å². The minimum Gasteiger partial charge on any atom is -0.493 e. The van der Waals surface area contributed by atoms with Crippen LogP contribution in [0.2, 0.25) is 0 Å². The molecule has 0 aliphatic carbocycles. The van der Waals surface area contributed by atoms with Gasteiger partial charge in [-0.15, -0.1) is 0 Å². The SMILES string of the molecule is CC(c1ccon1)N(C)C(=O)Cn1cc(NC(=O)CCOc2ccccc2)cn1. The van der Waals surface area contributed by atoms with E-state index in [1.54, 1.807) is 24.2 Å². The van der Waals surface area contributed by atoms with Crippen molar-refractivity contribution in [1.29, 1.82) is 0 Å². The molecule has 0 saturated heterocycles. The molecule has 9 nitrogen and oxygen atoms in total. The van der Waals surface area contributed by atoms with Crippen LogP contribution in [0.25, 0.3) is 0 Å². The third-order valence-electron chi connectivity index (χ3n) is 4.42. The molecule has 0 bridgehead atoms. The molecule has 0 saturated carbocycles. The van der Waals surface area contributed by atoms with E-state index < -0.39 is 0 Å². The van der Waals surface area contributed by atoms with E-state index in [0.717, 1.165) is 5.75 Å². The molecule has 0 spiro atoms. The molecule has 0 fully saturated rings. The highest BCUT2D eigenvalue weighted by atomic mass is 16.5. The molecule has 29 heavy (non-hydrogen) atoms. The highest BCUT2D eigenvalue weighted by Gasteiger charge is 2.20. The van der Waals surface area contributed by atoms with Gasteiger partial charge in [-0.3, -0.25) is 14.3 Å². The number of carbonyl (C=O) groups is 2.